The van der Waals surface area contributed by atoms with Crippen molar-refractivity contribution in [2.45, 2.75) is 12.7 Å². The summed E-state index contributed by atoms with van der Waals surface area (Å²) in [5, 5.41) is 9.75. The molecular weight excluding hydrogens is 297 g/mol. The van der Waals surface area contributed by atoms with Crippen LogP contribution in [0.5, 0.6) is 5.75 Å². The number of phenols is 1. The normalized spacial score (nSPS) is 12.0. The summed E-state index contributed by atoms with van der Waals surface area (Å²) in [6.45, 7) is -0.0210. The van der Waals surface area contributed by atoms with Gasteiger partial charge in [0.2, 0.25) is 0 Å². The van der Waals surface area contributed by atoms with Gasteiger partial charge in [0.25, 0.3) is 0 Å². The number of H-pyrrole nitrogens is 1. The average Bonchev–Trinajstić information content (AvgIpc) is 2.76. The van der Waals surface area contributed by atoms with Gasteiger partial charge in [-0.3, -0.25) is 4.57 Å². The molecular formula is C15H11F3N2O2. The topological polar surface area (TPSA) is 58.0 Å². The van der Waals surface area contributed by atoms with Gasteiger partial charge in [-0.2, -0.15) is 13.2 Å². The van der Waals surface area contributed by atoms with E-state index in [0.717, 1.165) is 12.1 Å². The molecule has 0 spiro atoms. The predicted molar refractivity (Wildman–Crippen MR) is 74.8 cm³/mol. The number of nitrogens with one attached hydrogen (secondary N) is 1. The lowest BCUT2D eigenvalue weighted by atomic mass is 10.1. The number of para-hydroxylation sites is 1. The van der Waals surface area contributed by atoms with E-state index in [4.69, 9.17) is 0 Å². The molecule has 1 aromatic heterocycles. The zero-order valence-corrected chi connectivity index (χ0v) is 11.2. The van der Waals surface area contributed by atoms with E-state index in [0.29, 0.717) is 11.1 Å². The van der Waals surface area contributed by atoms with E-state index in [2.05, 4.69) is 4.98 Å². The van der Waals surface area contributed by atoms with Crippen LogP contribution >= 0.6 is 0 Å². The van der Waals surface area contributed by atoms with Crippen molar-refractivity contribution in [1.82, 2.24) is 9.55 Å². The maximum Gasteiger partial charge on any atom is 0.416 e. The highest BCUT2D eigenvalue weighted by Crippen LogP contribution is 2.31. The van der Waals surface area contributed by atoms with Crippen molar-refractivity contribution >= 4 is 11.0 Å². The van der Waals surface area contributed by atoms with Crippen molar-refractivity contribution in [1.29, 1.82) is 0 Å². The number of hydrogen-bond acceptors (Lipinski definition) is 2. The fourth-order valence-electron chi connectivity index (χ4n) is 2.30. The standard InChI is InChI=1S/C15H11F3N2O2/c16-15(17,18)10-5-6-11-12(7-10)20(14(22)19-11)8-9-3-1-2-4-13(9)21/h1-7,21H,8H2,(H,19,22). The first-order valence-corrected chi connectivity index (χ1v) is 6.43. The maximum absolute atomic E-state index is 12.8. The van der Waals surface area contributed by atoms with Crippen LogP contribution in [0.3, 0.4) is 0 Å². The van der Waals surface area contributed by atoms with E-state index in [-0.39, 0.29) is 17.8 Å². The van der Waals surface area contributed by atoms with Crippen LogP contribution in [-0.2, 0) is 12.7 Å². The molecule has 3 aromatic rings. The van der Waals surface area contributed by atoms with E-state index in [1.54, 1.807) is 18.2 Å². The van der Waals surface area contributed by atoms with Crippen molar-refractivity contribution in [2.75, 3.05) is 0 Å². The molecule has 0 aliphatic heterocycles. The van der Waals surface area contributed by atoms with Crippen LogP contribution in [0, 0.1) is 0 Å². The molecule has 3 rings (SSSR count). The summed E-state index contributed by atoms with van der Waals surface area (Å²) in [6.07, 6.45) is -4.48. The zero-order valence-electron chi connectivity index (χ0n) is 11.2. The number of alkyl halides is 3. The van der Waals surface area contributed by atoms with Gasteiger partial charge in [-0.15, -0.1) is 0 Å². The lowest BCUT2D eigenvalue weighted by Crippen LogP contribution is -2.17. The van der Waals surface area contributed by atoms with Crippen LogP contribution in [0.15, 0.2) is 47.3 Å². The number of aromatic amines is 1. The van der Waals surface area contributed by atoms with Gasteiger partial charge in [-0.1, -0.05) is 18.2 Å². The average molecular weight is 308 g/mol. The van der Waals surface area contributed by atoms with E-state index < -0.39 is 17.4 Å². The number of fused-ring (bicyclic) bond motifs is 1. The van der Waals surface area contributed by atoms with Gasteiger partial charge in [0.1, 0.15) is 5.75 Å². The van der Waals surface area contributed by atoms with Gasteiger partial charge in [0.05, 0.1) is 23.1 Å². The van der Waals surface area contributed by atoms with Gasteiger partial charge in [0, 0.05) is 5.56 Å². The molecule has 114 valence electrons. The summed E-state index contributed by atoms with van der Waals surface area (Å²) < 4.78 is 39.6. The molecule has 0 saturated heterocycles. The second kappa shape index (κ2) is 4.94. The summed E-state index contributed by atoms with van der Waals surface area (Å²) in [4.78, 5) is 14.5. The number of aromatic hydroxyl groups is 1. The minimum absolute atomic E-state index is 0.0178. The monoisotopic (exact) mass is 308 g/mol. The third kappa shape index (κ3) is 2.45. The third-order valence-corrected chi connectivity index (χ3v) is 3.42. The smallest absolute Gasteiger partial charge is 0.416 e. The number of benzene rings is 2. The molecule has 0 atom stereocenters. The Kier molecular flexibility index (Phi) is 3.20. The number of rotatable bonds is 2. The molecule has 0 radical (unpaired) electrons. The molecule has 0 saturated carbocycles. The molecule has 2 aromatic carbocycles. The summed E-state index contributed by atoms with van der Waals surface area (Å²) in [6, 6.07) is 9.43. The van der Waals surface area contributed by atoms with Crippen LogP contribution in [0.4, 0.5) is 13.2 Å². The van der Waals surface area contributed by atoms with E-state index in [1.807, 2.05) is 0 Å². The highest BCUT2D eigenvalue weighted by Gasteiger charge is 2.31. The summed E-state index contributed by atoms with van der Waals surface area (Å²) >= 11 is 0. The first-order chi connectivity index (χ1) is 10.4. The molecule has 2 N–H and O–H groups in total. The third-order valence-electron chi connectivity index (χ3n) is 3.42. The fourth-order valence-corrected chi connectivity index (χ4v) is 2.30. The van der Waals surface area contributed by atoms with Gasteiger partial charge in [-0.05, 0) is 24.3 Å². The van der Waals surface area contributed by atoms with Crippen LogP contribution in [0.2, 0.25) is 0 Å². The number of imidazole rings is 1. The number of halogens is 3. The molecule has 22 heavy (non-hydrogen) atoms. The minimum atomic E-state index is -4.48. The molecule has 0 aliphatic carbocycles. The van der Waals surface area contributed by atoms with Crippen LogP contribution in [0.25, 0.3) is 11.0 Å². The van der Waals surface area contributed by atoms with Crippen molar-refractivity contribution in [3.63, 3.8) is 0 Å². The first kappa shape index (κ1) is 14.2. The highest BCUT2D eigenvalue weighted by atomic mass is 19.4. The van der Waals surface area contributed by atoms with Gasteiger partial charge in [-0.25, -0.2) is 4.79 Å². The van der Waals surface area contributed by atoms with Crippen LogP contribution in [-0.4, -0.2) is 14.7 Å². The molecule has 7 heteroatoms. The molecule has 0 fully saturated rings. The zero-order chi connectivity index (χ0) is 15.9. The molecule has 0 amide bonds. The predicted octanol–water partition coefficient (Wildman–Crippen LogP) is 3.10. The number of aromatic nitrogens is 2. The van der Waals surface area contributed by atoms with E-state index >= 15 is 0 Å². The minimum Gasteiger partial charge on any atom is -0.508 e. The van der Waals surface area contributed by atoms with Gasteiger partial charge >= 0.3 is 11.9 Å². The summed E-state index contributed by atoms with van der Waals surface area (Å²) in [5.74, 6) is -0.0178. The van der Waals surface area contributed by atoms with E-state index in [1.165, 1.54) is 16.7 Å². The second-order valence-corrected chi connectivity index (χ2v) is 4.87. The van der Waals surface area contributed by atoms with Crippen molar-refractivity contribution in [3.05, 3.63) is 64.1 Å². The number of nitrogens with zero attached hydrogens (tertiary/aromatic N) is 1. The quantitative estimate of drug-likeness (QED) is 0.764. The van der Waals surface area contributed by atoms with Crippen molar-refractivity contribution in [3.8, 4) is 5.75 Å². The molecule has 0 unspecified atom stereocenters. The Labute approximate surface area is 122 Å². The Hall–Kier alpha value is -2.70. The Morgan fingerprint density at radius 1 is 1.14 bits per heavy atom. The Balaban J connectivity index is 2.15. The molecule has 4 nitrogen and oxygen atoms in total. The summed E-state index contributed by atoms with van der Waals surface area (Å²) in [7, 11) is 0. The molecule has 0 bridgehead atoms. The lowest BCUT2D eigenvalue weighted by molar-refractivity contribution is -0.137. The van der Waals surface area contributed by atoms with Crippen molar-refractivity contribution in [2.24, 2.45) is 0 Å². The fraction of sp³-hybridized carbons (Fsp3) is 0.133. The number of hydrogen-bond donors (Lipinski definition) is 2. The molecule has 0 aliphatic rings. The van der Waals surface area contributed by atoms with E-state index in [9.17, 15) is 23.1 Å². The maximum atomic E-state index is 12.8. The Morgan fingerprint density at radius 3 is 2.55 bits per heavy atom. The van der Waals surface area contributed by atoms with Crippen LogP contribution < -0.4 is 5.69 Å². The first-order valence-electron chi connectivity index (χ1n) is 6.43. The number of phenolic OH excluding ortho intramolecular Hbond substituents is 1. The van der Waals surface area contributed by atoms with Gasteiger partial charge < -0.3 is 10.1 Å². The largest absolute Gasteiger partial charge is 0.508 e. The molecule has 1 heterocycles. The highest BCUT2D eigenvalue weighted by molar-refractivity contribution is 5.76. The SMILES string of the molecule is O=c1[nH]c2ccc(C(F)(F)F)cc2n1Cc1ccccc1O. The second-order valence-electron chi connectivity index (χ2n) is 4.87. The Bertz CT molecular complexity index is 894. The van der Waals surface area contributed by atoms with Gasteiger partial charge in [0.15, 0.2) is 0 Å². The van der Waals surface area contributed by atoms with Crippen molar-refractivity contribution < 1.29 is 18.3 Å². The lowest BCUT2D eigenvalue weighted by Gasteiger charge is -2.09. The Morgan fingerprint density at radius 2 is 1.86 bits per heavy atom. The van der Waals surface area contributed by atoms with Crippen LogP contribution in [0.1, 0.15) is 11.1 Å². The summed E-state index contributed by atoms with van der Waals surface area (Å²) in [5.41, 5.74) is -0.456.